The van der Waals surface area contributed by atoms with Crippen LogP contribution in [-0.4, -0.2) is 14.9 Å². The van der Waals surface area contributed by atoms with E-state index in [4.69, 9.17) is 4.43 Å². The van der Waals surface area contributed by atoms with Crippen LogP contribution in [0.4, 0.5) is 0 Å². The van der Waals surface area contributed by atoms with Gasteiger partial charge < -0.3 is 4.43 Å². The first-order valence-electron chi connectivity index (χ1n) is 9.47. The van der Waals surface area contributed by atoms with Gasteiger partial charge in [-0.1, -0.05) is 99.4 Å². The topological polar surface area (TPSA) is 9.23 Å². The lowest BCUT2D eigenvalue weighted by Crippen LogP contribution is -2.66. The predicted molar refractivity (Wildman–Crippen MR) is 113 cm³/mol. The van der Waals surface area contributed by atoms with Gasteiger partial charge in [0, 0.05) is 0 Å². The van der Waals surface area contributed by atoms with E-state index < -0.39 is 8.32 Å². The minimum atomic E-state index is -2.45. The fraction of sp³-hybridized carbons (Fsp3) is 0.333. The first-order chi connectivity index (χ1) is 12.5. The van der Waals surface area contributed by atoms with Gasteiger partial charge in [0.25, 0.3) is 8.32 Å². The number of benzene rings is 2. The van der Waals surface area contributed by atoms with Crippen LogP contribution in [0.1, 0.15) is 40.0 Å². The van der Waals surface area contributed by atoms with Crippen molar-refractivity contribution < 1.29 is 4.43 Å². The Labute approximate surface area is 159 Å². The molecule has 1 aliphatic carbocycles. The van der Waals surface area contributed by atoms with E-state index in [-0.39, 0.29) is 5.04 Å². The molecule has 0 fully saturated rings. The molecule has 0 aromatic heterocycles. The van der Waals surface area contributed by atoms with Gasteiger partial charge in [0.15, 0.2) is 0 Å². The zero-order valence-corrected chi connectivity index (χ0v) is 17.1. The molecule has 0 radical (unpaired) electrons. The summed E-state index contributed by atoms with van der Waals surface area (Å²) in [5, 5.41) is 2.62. The molecule has 0 saturated heterocycles. The summed E-state index contributed by atoms with van der Waals surface area (Å²) in [6, 6.07) is 21.5. The molecule has 0 aliphatic heterocycles. The second kappa shape index (κ2) is 8.08. The molecule has 1 nitrogen and oxygen atoms in total. The van der Waals surface area contributed by atoms with Gasteiger partial charge in [-0.15, -0.1) is 0 Å². The molecule has 0 amide bonds. The Kier molecular flexibility index (Phi) is 5.81. The molecule has 2 aromatic rings. The van der Waals surface area contributed by atoms with E-state index in [1.54, 1.807) is 0 Å². The standard InChI is InChI=1S/C24H28OSi/c1-24(2,3)26(22-16-6-4-7-17-22,23-18-8-5-9-19-23)25-20-12-15-21-13-10-11-14-21/h4-9,13,16-19H,10-11,14,20H2,1-3H3. The van der Waals surface area contributed by atoms with Crippen molar-refractivity contribution >= 4 is 18.7 Å². The third kappa shape index (κ3) is 3.85. The van der Waals surface area contributed by atoms with E-state index in [0.29, 0.717) is 6.61 Å². The predicted octanol–water partition coefficient (Wildman–Crippen LogP) is 4.68. The SMILES string of the molecule is CC(C)(C)[Si](OCC#CC1=CCCC1)(c1ccccc1)c1ccccc1. The van der Waals surface area contributed by atoms with Crippen molar-refractivity contribution in [2.45, 2.75) is 45.1 Å². The van der Waals surface area contributed by atoms with Crippen LogP contribution >= 0.6 is 0 Å². The largest absolute Gasteiger partial charge is 0.396 e. The fourth-order valence-corrected chi connectivity index (χ4v) is 8.28. The minimum Gasteiger partial charge on any atom is -0.396 e. The Morgan fingerprint density at radius 3 is 1.96 bits per heavy atom. The summed E-state index contributed by atoms with van der Waals surface area (Å²) in [5.41, 5.74) is 1.27. The summed E-state index contributed by atoms with van der Waals surface area (Å²) in [6.45, 7) is 7.37. The smallest absolute Gasteiger partial charge is 0.262 e. The summed E-state index contributed by atoms with van der Waals surface area (Å²) in [7, 11) is -2.45. The molecule has 0 spiro atoms. The van der Waals surface area contributed by atoms with Crippen molar-refractivity contribution in [3.05, 3.63) is 72.3 Å². The lowest BCUT2D eigenvalue weighted by Gasteiger charge is -2.42. The summed E-state index contributed by atoms with van der Waals surface area (Å²) < 4.78 is 6.76. The van der Waals surface area contributed by atoms with Crippen molar-refractivity contribution in [2.75, 3.05) is 6.61 Å². The molecule has 0 N–H and O–H groups in total. The van der Waals surface area contributed by atoms with Crippen molar-refractivity contribution in [1.82, 2.24) is 0 Å². The molecule has 2 aromatic carbocycles. The van der Waals surface area contributed by atoms with Crippen LogP contribution in [0.2, 0.25) is 5.04 Å². The molecule has 0 atom stereocenters. The van der Waals surface area contributed by atoms with E-state index in [2.05, 4.69) is 99.4 Å². The first kappa shape index (κ1) is 18.7. The summed E-state index contributed by atoms with van der Waals surface area (Å²) in [4.78, 5) is 0. The van der Waals surface area contributed by atoms with Crippen molar-refractivity contribution in [1.29, 1.82) is 0 Å². The molecule has 1 aliphatic rings. The van der Waals surface area contributed by atoms with Gasteiger partial charge in [-0.2, -0.15) is 0 Å². The van der Waals surface area contributed by atoms with Gasteiger partial charge in [0.1, 0.15) is 0 Å². The van der Waals surface area contributed by atoms with Crippen molar-refractivity contribution in [2.24, 2.45) is 0 Å². The van der Waals surface area contributed by atoms with Crippen LogP contribution < -0.4 is 10.4 Å². The normalized spacial score (nSPS) is 14.5. The average Bonchev–Trinajstić information content (AvgIpc) is 3.16. The monoisotopic (exact) mass is 360 g/mol. The third-order valence-corrected chi connectivity index (χ3v) is 10.1. The lowest BCUT2D eigenvalue weighted by molar-refractivity contribution is 0.346. The van der Waals surface area contributed by atoms with Crippen LogP contribution in [0.25, 0.3) is 0 Å². The van der Waals surface area contributed by atoms with Gasteiger partial charge in [-0.25, -0.2) is 0 Å². The molecule has 3 rings (SSSR count). The molecule has 0 heterocycles. The highest BCUT2D eigenvalue weighted by Gasteiger charge is 2.49. The molecule has 134 valence electrons. The van der Waals surface area contributed by atoms with Crippen LogP contribution in [0.3, 0.4) is 0 Å². The van der Waals surface area contributed by atoms with Gasteiger partial charge in [0.2, 0.25) is 0 Å². The maximum Gasteiger partial charge on any atom is 0.262 e. The highest BCUT2D eigenvalue weighted by atomic mass is 28.4. The number of hydrogen-bond acceptors (Lipinski definition) is 1. The Balaban J connectivity index is 2.00. The zero-order chi connectivity index (χ0) is 18.5. The summed E-state index contributed by atoms with van der Waals surface area (Å²) in [5.74, 6) is 6.61. The van der Waals surface area contributed by atoms with E-state index in [1.165, 1.54) is 28.8 Å². The van der Waals surface area contributed by atoms with Gasteiger partial charge >= 0.3 is 0 Å². The van der Waals surface area contributed by atoms with Crippen LogP contribution in [-0.2, 0) is 4.43 Å². The second-order valence-electron chi connectivity index (χ2n) is 7.88. The Bertz CT molecular complexity index is 765. The minimum absolute atomic E-state index is 0.00398. The molecule has 26 heavy (non-hydrogen) atoms. The van der Waals surface area contributed by atoms with E-state index in [1.807, 2.05) is 0 Å². The maximum atomic E-state index is 6.76. The van der Waals surface area contributed by atoms with Gasteiger partial charge in [-0.3, -0.25) is 0 Å². The number of hydrogen-bond donors (Lipinski definition) is 0. The van der Waals surface area contributed by atoms with Gasteiger partial charge in [0.05, 0.1) is 6.61 Å². The van der Waals surface area contributed by atoms with E-state index in [9.17, 15) is 0 Å². The molecule has 0 unspecified atom stereocenters. The number of allylic oxidation sites excluding steroid dienone is 2. The highest BCUT2D eigenvalue weighted by molar-refractivity contribution is 6.99. The molecule has 2 heteroatoms. The van der Waals surface area contributed by atoms with Crippen molar-refractivity contribution in [3.8, 4) is 11.8 Å². The van der Waals surface area contributed by atoms with Crippen LogP contribution in [0.15, 0.2) is 72.3 Å². The third-order valence-electron chi connectivity index (χ3n) is 5.07. The van der Waals surface area contributed by atoms with Crippen LogP contribution in [0, 0.1) is 11.8 Å². The fourth-order valence-electron chi connectivity index (χ4n) is 3.84. The number of rotatable bonds is 4. The average molecular weight is 361 g/mol. The second-order valence-corrected chi connectivity index (χ2v) is 12.2. The van der Waals surface area contributed by atoms with E-state index >= 15 is 0 Å². The Morgan fingerprint density at radius 2 is 1.50 bits per heavy atom. The Morgan fingerprint density at radius 1 is 0.923 bits per heavy atom. The maximum absolute atomic E-state index is 6.76. The molecular formula is C24H28OSi. The quantitative estimate of drug-likeness (QED) is 0.568. The first-order valence-corrected chi connectivity index (χ1v) is 11.4. The highest BCUT2D eigenvalue weighted by Crippen LogP contribution is 2.36. The van der Waals surface area contributed by atoms with Crippen LogP contribution in [0.5, 0.6) is 0 Å². The van der Waals surface area contributed by atoms with Crippen molar-refractivity contribution in [3.63, 3.8) is 0 Å². The summed E-state index contributed by atoms with van der Waals surface area (Å²) >= 11 is 0. The van der Waals surface area contributed by atoms with Gasteiger partial charge in [-0.05, 0) is 40.2 Å². The lowest BCUT2D eigenvalue weighted by atomic mass is 10.2. The molecule has 0 bridgehead atoms. The zero-order valence-electron chi connectivity index (χ0n) is 16.1. The Hall–Kier alpha value is -2.08. The molecule has 0 saturated carbocycles. The summed E-state index contributed by atoms with van der Waals surface area (Å²) in [6.07, 6.45) is 5.78. The molecular weight excluding hydrogens is 332 g/mol. The van der Waals surface area contributed by atoms with E-state index in [0.717, 1.165) is 6.42 Å².